The molecule has 1 fully saturated rings. The van der Waals surface area contributed by atoms with Crippen molar-refractivity contribution in [3.05, 3.63) is 65.9 Å². The molecule has 29 heavy (non-hydrogen) atoms. The number of aliphatic hydroxyl groups is 1. The SMILES string of the molecule is O=C(CO)c1ccc2ccn(CCOc3ccc(CN4CCOCC4)cc3)c2c1. The van der Waals surface area contributed by atoms with Crippen LogP contribution in [0.25, 0.3) is 10.9 Å². The van der Waals surface area contributed by atoms with E-state index >= 15 is 0 Å². The van der Waals surface area contributed by atoms with E-state index in [0.29, 0.717) is 18.7 Å². The molecule has 3 aromatic rings. The highest BCUT2D eigenvalue weighted by molar-refractivity contribution is 6.00. The molecule has 2 heterocycles. The largest absolute Gasteiger partial charge is 0.492 e. The second kappa shape index (κ2) is 9.22. The van der Waals surface area contributed by atoms with Gasteiger partial charge >= 0.3 is 0 Å². The number of ketones is 1. The van der Waals surface area contributed by atoms with Gasteiger partial charge in [0, 0.05) is 36.9 Å². The lowest BCUT2D eigenvalue weighted by atomic mass is 10.1. The molecule has 1 aromatic heterocycles. The Hall–Kier alpha value is -2.67. The zero-order valence-corrected chi connectivity index (χ0v) is 16.4. The van der Waals surface area contributed by atoms with Gasteiger partial charge in [-0.1, -0.05) is 24.3 Å². The third-order valence-electron chi connectivity index (χ3n) is 5.27. The van der Waals surface area contributed by atoms with E-state index in [-0.39, 0.29) is 5.78 Å². The van der Waals surface area contributed by atoms with Crippen LogP contribution in [0.4, 0.5) is 0 Å². The van der Waals surface area contributed by atoms with Gasteiger partial charge in [-0.3, -0.25) is 9.69 Å². The molecule has 0 spiro atoms. The average Bonchev–Trinajstić information content (AvgIpc) is 3.17. The average molecular weight is 394 g/mol. The van der Waals surface area contributed by atoms with Crippen molar-refractivity contribution in [2.75, 3.05) is 39.5 Å². The van der Waals surface area contributed by atoms with Gasteiger partial charge in [-0.2, -0.15) is 0 Å². The molecule has 0 bridgehead atoms. The number of carbonyl (C=O) groups is 1. The number of Topliss-reactive ketones (excluding diaryl/α,β-unsaturated/α-hetero) is 1. The van der Waals surface area contributed by atoms with Crippen molar-refractivity contribution < 1.29 is 19.4 Å². The Balaban J connectivity index is 1.33. The fourth-order valence-corrected chi connectivity index (χ4v) is 3.61. The van der Waals surface area contributed by atoms with Gasteiger partial charge in [0.2, 0.25) is 0 Å². The lowest BCUT2D eigenvalue weighted by molar-refractivity contribution is 0.0342. The molecule has 0 atom stereocenters. The first-order valence-corrected chi connectivity index (χ1v) is 9.98. The number of hydrogen-bond donors (Lipinski definition) is 1. The number of carbonyl (C=O) groups excluding carboxylic acids is 1. The summed E-state index contributed by atoms with van der Waals surface area (Å²) in [6.07, 6.45) is 1.99. The van der Waals surface area contributed by atoms with Crippen LogP contribution in [0.15, 0.2) is 54.7 Å². The number of aliphatic hydroxyl groups excluding tert-OH is 1. The molecule has 0 unspecified atom stereocenters. The fourth-order valence-electron chi connectivity index (χ4n) is 3.61. The van der Waals surface area contributed by atoms with Crippen LogP contribution in [-0.4, -0.2) is 59.9 Å². The van der Waals surface area contributed by atoms with Crippen LogP contribution in [0, 0.1) is 0 Å². The first-order chi connectivity index (χ1) is 14.2. The van der Waals surface area contributed by atoms with Crippen LogP contribution < -0.4 is 4.74 Å². The summed E-state index contributed by atoms with van der Waals surface area (Å²) in [5.74, 6) is 0.580. The van der Waals surface area contributed by atoms with Gasteiger partial charge in [-0.15, -0.1) is 0 Å². The Morgan fingerprint density at radius 1 is 1.07 bits per heavy atom. The summed E-state index contributed by atoms with van der Waals surface area (Å²) < 4.78 is 13.4. The molecule has 0 radical (unpaired) electrons. The highest BCUT2D eigenvalue weighted by Crippen LogP contribution is 2.19. The topological polar surface area (TPSA) is 63.9 Å². The van der Waals surface area contributed by atoms with Crippen LogP contribution in [0.1, 0.15) is 15.9 Å². The number of fused-ring (bicyclic) bond motifs is 1. The Morgan fingerprint density at radius 2 is 1.86 bits per heavy atom. The van der Waals surface area contributed by atoms with Gasteiger partial charge in [0.15, 0.2) is 5.78 Å². The Kier molecular flexibility index (Phi) is 6.24. The third kappa shape index (κ3) is 4.85. The molecule has 1 aliphatic rings. The van der Waals surface area contributed by atoms with E-state index in [9.17, 15) is 4.79 Å². The van der Waals surface area contributed by atoms with Gasteiger partial charge in [0.25, 0.3) is 0 Å². The predicted molar refractivity (Wildman–Crippen MR) is 111 cm³/mol. The van der Waals surface area contributed by atoms with Crippen molar-refractivity contribution in [1.82, 2.24) is 9.47 Å². The lowest BCUT2D eigenvalue weighted by Crippen LogP contribution is -2.35. The third-order valence-corrected chi connectivity index (χ3v) is 5.27. The van der Waals surface area contributed by atoms with E-state index in [2.05, 4.69) is 21.6 Å². The molecule has 6 heteroatoms. The predicted octanol–water partition coefficient (Wildman–Crippen LogP) is 2.73. The maximum atomic E-state index is 11.7. The number of hydrogen-bond acceptors (Lipinski definition) is 5. The zero-order chi connectivity index (χ0) is 20.1. The van der Waals surface area contributed by atoms with Crippen molar-refractivity contribution in [2.45, 2.75) is 13.1 Å². The summed E-state index contributed by atoms with van der Waals surface area (Å²) in [7, 11) is 0. The van der Waals surface area contributed by atoms with Gasteiger partial charge in [0.1, 0.15) is 19.0 Å². The minimum atomic E-state index is -0.475. The van der Waals surface area contributed by atoms with Crippen molar-refractivity contribution in [2.24, 2.45) is 0 Å². The van der Waals surface area contributed by atoms with E-state index in [4.69, 9.17) is 14.6 Å². The number of morpholine rings is 1. The van der Waals surface area contributed by atoms with Crippen LogP contribution in [-0.2, 0) is 17.8 Å². The van der Waals surface area contributed by atoms with Crippen LogP contribution >= 0.6 is 0 Å². The molecule has 1 aliphatic heterocycles. The molecule has 1 N–H and O–H groups in total. The van der Waals surface area contributed by atoms with Crippen LogP contribution in [0.5, 0.6) is 5.75 Å². The number of rotatable bonds is 8. The van der Waals surface area contributed by atoms with Crippen molar-refractivity contribution in [1.29, 1.82) is 0 Å². The van der Waals surface area contributed by atoms with Crippen molar-refractivity contribution >= 4 is 16.7 Å². The molecular formula is C23H26N2O4. The first-order valence-electron chi connectivity index (χ1n) is 9.98. The normalized spacial score (nSPS) is 14.9. The Bertz CT molecular complexity index is 959. The molecule has 0 aliphatic carbocycles. The van der Waals surface area contributed by atoms with E-state index in [1.807, 2.05) is 36.5 Å². The van der Waals surface area contributed by atoms with Crippen molar-refractivity contribution in [3.8, 4) is 5.75 Å². The fraction of sp³-hybridized carbons (Fsp3) is 0.348. The van der Waals surface area contributed by atoms with Gasteiger partial charge < -0.3 is 19.1 Å². The summed E-state index contributed by atoms with van der Waals surface area (Å²) in [4.78, 5) is 14.1. The Morgan fingerprint density at radius 3 is 2.62 bits per heavy atom. The summed E-state index contributed by atoms with van der Waals surface area (Å²) in [6, 6.07) is 15.8. The van der Waals surface area contributed by atoms with Crippen LogP contribution in [0.2, 0.25) is 0 Å². The highest BCUT2D eigenvalue weighted by atomic mass is 16.5. The van der Waals surface area contributed by atoms with Gasteiger partial charge in [-0.05, 0) is 35.2 Å². The zero-order valence-electron chi connectivity index (χ0n) is 16.4. The molecule has 4 rings (SSSR count). The second-order valence-corrected chi connectivity index (χ2v) is 7.24. The quantitative estimate of drug-likeness (QED) is 0.595. The highest BCUT2D eigenvalue weighted by Gasteiger charge is 2.11. The maximum Gasteiger partial charge on any atom is 0.188 e. The van der Waals surface area contributed by atoms with Crippen LogP contribution in [0.3, 0.4) is 0 Å². The van der Waals surface area contributed by atoms with E-state index < -0.39 is 6.61 Å². The standard InChI is InChI=1S/C23H26N2O4/c26-17-23(27)20-4-3-19-7-8-25(22(19)15-20)11-14-29-21-5-1-18(2-6-21)16-24-9-12-28-13-10-24/h1-8,15,26H,9-14,16-17H2. The monoisotopic (exact) mass is 394 g/mol. The minimum Gasteiger partial charge on any atom is -0.492 e. The molecule has 152 valence electrons. The number of ether oxygens (including phenoxy) is 2. The molecule has 1 saturated heterocycles. The van der Waals surface area contributed by atoms with Gasteiger partial charge in [0.05, 0.1) is 19.8 Å². The Labute approximate surface area is 170 Å². The first kappa shape index (κ1) is 19.6. The second-order valence-electron chi connectivity index (χ2n) is 7.24. The van der Waals surface area contributed by atoms with Crippen molar-refractivity contribution in [3.63, 3.8) is 0 Å². The summed E-state index contributed by atoms with van der Waals surface area (Å²) in [6.45, 7) is 5.25. The molecule has 2 aromatic carbocycles. The molecule has 0 amide bonds. The summed E-state index contributed by atoms with van der Waals surface area (Å²) in [5, 5.41) is 10.1. The number of aromatic nitrogens is 1. The molecule has 6 nitrogen and oxygen atoms in total. The van der Waals surface area contributed by atoms with E-state index in [1.54, 1.807) is 6.07 Å². The minimum absolute atomic E-state index is 0.270. The smallest absolute Gasteiger partial charge is 0.188 e. The van der Waals surface area contributed by atoms with Gasteiger partial charge in [-0.25, -0.2) is 0 Å². The number of benzene rings is 2. The summed E-state index contributed by atoms with van der Waals surface area (Å²) >= 11 is 0. The molecular weight excluding hydrogens is 368 g/mol. The molecule has 0 saturated carbocycles. The summed E-state index contributed by atoms with van der Waals surface area (Å²) in [5.41, 5.74) is 2.77. The lowest BCUT2D eigenvalue weighted by Gasteiger charge is -2.26. The number of nitrogens with zero attached hydrogens (tertiary/aromatic N) is 2. The van der Waals surface area contributed by atoms with E-state index in [0.717, 1.165) is 49.5 Å². The van der Waals surface area contributed by atoms with E-state index in [1.165, 1.54) is 5.56 Å². The maximum absolute atomic E-state index is 11.7.